The largest absolute Gasteiger partial charge is 0.481 e. The van der Waals surface area contributed by atoms with Crippen LogP contribution in [0.4, 0.5) is 5.69 Å². The van der Waals surface area contributed by atoms with Crippen LogP contribution in [0.3, 0.4) is 0 Å². The average molecular weight is 358 g/mol. The predicted octanol–water partition coefficient (Wildman–Crippen LogP) is 3.05. The number of hydrogen-bond acceptors (Lipinski definition) is 4. The molecule has 1 aliphatic heterocycles. The Morgan fingerprint density at radius 3 is 2.32 bits per heavy atom. The summed E-state index contributed by atoms with van der Waals surface area (Å²) in [7, 11) is 0. The minimum Gasteiger partial charge on any atom is -0.481 e. The number of benzene rings is 1. The van der Waals surface area contributed by atoms with Gasteiger partial charge in [0, 0.05) is 49.1 Å². The van der Waals surface area contributed by atoms with Crippen LogP contribution in [-0.2, 0) is 9.59 Å². The van der Waals surface area contributed by atoms with E-state index in [2.05, 4.69) is 17.0 Å². The maximum absolute atomic E-state index is 12.6. The summed E-state index contributed by atoms with van der Waals surface area (Å²) in [6, 6.07) is 14.0. The third-order valence-electron chi connectivity index (χ3n) is 4.54. The summed E-state index contributed by atoms with van der Waals surface area (Å²) in [5.41, 5.74) is 1.18. The number of piperazine rings is 1. The van der Waals surface area contributed by atoms with E-state index >= 15 is 0 Å². The van der Waals surface area contributed by atoms with Crippen LogP contribution in [0.5, 0.6) is 0 Å². The summed E-state index contributed by atoms with van der Waals surface area (Å²) in [6.07, 6.45) is 0.258. The molecule has 6 heteroatoms. The number of thiophene rings is 1. The fourth-order valence-electron chi connectivity index (χ4n) is 3.20. The van der Waals surface area contributed by atoms with E-state index in [9.17, 15) is 9.59 Å². The highest BCUT2D eigenvalue weighted by molar-refractivity contribution is 7.10. The number of carboxylic acid groups (broad SMARTS) is 1. The van der Waals surface area contributed by atoms with Crippen molar-refractivity contribution in [1.29, 1.82) is 0 Å². The number of nitrogens with zero attached hydrogens (tertiary/aromatic N) is 2. The van der Waals surface area contributed by atoms with Gasteiger partial charge < -0.3 is 14.9 Å². The van der Waals surface area contributed by atoms with Crippen LogP contribution in [0, 0.1) is 0 Å². The zero-order valence-electron chi connectivity index (χ0n) is 14.0. The molecule has 1 aliphatic rings. The second-order valence-corrected chi connectivity index (χ2v) is 7.20. The Bertz CT molecular complexity index is 695. The van der Waals surface area contributed by atoms with E-state index in [1.807, 2.05) is 40.6 Å². The van der Waals surface area contributed by atoms with Crippen molar-refractivity contribution >= 4 is 28.9 Å². The molecule has 0 bridgehead atoms. The molecule has 25 heavy (non-hydrogen) atoms. The summed E-state index contributed by atoms with van der Waals surface area (Å²) in [4.78, 5) is 28.9. The summed E-state index contributed by atoms with van der Waals surface area (Å²) >= 11 is 1.52. The van der Waals surface area contributed by atoms with Crippen molar-refractivity contribution in [3.63, 3.8) is 0 Å². The maximum Gasteiger partial charge on any atom is 0.304 e. The number of carbonyl (C=O) groups excluding carboxylic acids is 1. The van der Waals surface area contributed by atoms with Crippen molar-refractivity contribution in [3.05, 3.63) is 52.7 Å². The lowest BCUT2D eigenvalue weighted by atomic mass is 9.98. The van der Waals surface area contributed by atoms with Gasteiger partial charge in [-0.25, -0.2) is 0 Å². The lowest BCUT2D eigenvalue weighted by Gasteiger charge is -2.36. The number of amides is 1. The smallest absolute Gasteiger partial charge is 0.304 e. The molecule has 1 aromatic heterocycles. The van der Waals surface area contributed by atoms with Crippen LogP contribution in [0.1, 0.15) is 23.6 Å². The quantitative estimate of drug-likeness (QED) is 0.862. The molecule has 0 saturated carbocycles. The number of rotatable bonds is 6. The average Bonchev–Trinajstić information content (AvgIpc) is 3.16. The minimum absolute atomic E-state index is 0.00374. The normalized spacial score (nSPS) is 15.8. The van der Waals surface area contributed by atoms with Gasteiger partial charge in [0.2, 0.25) is 5.91 Å². The van der Waals surface area contributed by atoms with E-state index in [4.69, 9.17) is 5.11 Å². The molecule has 1 atom stereocenters. The first kappa shape index (κ1) is 17.5. The lowest BCUT2D eigenvalue weighted by Crippen LogP contribution is -2.49. The highest BCUT2D eigenvalue weighted by atomic mass is 32.1. The predicted molar refractivity (Wildman–Crippen MR) is 99.2 cm³/mol. The van der Waals surface area contributed by atoms with Crippen molar-refractivity contribution < 1.29 is 14.7 Å². The van der Waals surface area contributed by atoms with Gasteiger partial charge in [0.05, 0.1) is 6.42 Å². The van der Waals surface area contributed by atoms with Crippen LogP contribution >= 0.6 is 11.3 Å². The summed E-state index contributed by atoms with van der Waals surface area (Å²) in [5, 5.41) is 11.1. The molecule has 0 aliphatic carbocycles. The number of carbonyl (C=O) groups is 2. The fourth-order valence-corrected chi connectivity index (χ4v) is 4.03. The molecule has 0 radical (unpaired) electrons. The van der Waals surface area contributed by atoms with Gasteiger partial charge in [0.1, 0.15) is 0 Å². The van der Waals surface area contributed by atoms with Gasteiger partial charge in [-0.1, -0.05) is 24.3 Å². The number of para-hydroxylation sites is 1. The Morgan fingerprint density at radius 2 is 1.72 bits per heavy atom. The number of hydrogen-bond donors (Lipinski definition) is 1. The summed E-state index contributed by atoms with van der Waals surface area (Å²) in [6.45, 7) is 2.96. The fraction of sp³-hybridized carbons (Fsp3) is 0.368. The summed E-state index contributed by atoms with van der Waals surface area (Å²) in [5.74, 6) is -1.05. The molecular formula is C19H22N2O3S. The first-order chi connectivity index (χ1) is 12.1. The van der Waals surface area contributed by atoms with Crippen LogP contribution in [0.2, 0.25) is 0 Å². The van der Waals surface area contributed by atoms with Gasteiger partial charge >= 0.3 is 5.97 Å². The summed E-state index contributed by atoms with van der Waals surface area (Å²) < 4.78 is 0. The molecule has 3 rings (SSSR count). The van der Waals surface area contributed by atoms with Crippen molar-refractivity contribution in [2.45, 2.75) is 18.8 Å². The molecule has 0 unspecified atom stereocenters. The van der Waals surface area contributed by atoms with E-state index in [1.165, 1.54) is 17.0 Å². The van der Waals surface area contributed by atoms with E-state index in [1.54, 1.807) is 0 Å². The second-order valence-electron chi connectivity index (χ2n) is 6.22. The zero-order valence-corrected chi connectivity index (χ0v) is 14.8. The molecule has 1 amide bonds. The highest BCUT2D eigenvalue weighted by Crippen LogP contribution is 2.28. The third-order valence-corrected chi connectivity index (χ3v) is 5.58. The number of anilines is 1. The third kappa shape index (κ3) is 4.60. The Labute approximate surface area is 151 Å². The van der Waals surface area contributed by atoms with Crippen LogP contribution in [0.15, 0.2) is 47.8 Å². The molecule has 1 saturated heterocycles. The van der Waals surface area contributed by atoms with Gasteiger partial charge in [0.15, 0.2) is 0 Å². The Kier molecular flexibility index (Phi) is 5.71. The van der Waals surface area contributed by atoms with E-state index in [0.717, 1.165) is 18.0 Å². The van der Waals surface area contributed by atoms with Crippen molar-refractivity contribution in [2.75, 3.05) is 31.1 Å². The van der Waals surface area contributed by atoms with Crippen molar-refractivity contribution in [3.8, 4) is 0 Å². The van der Waals surface area contributed by atoms with Crippen molar-refractivity contribution in [1.82, 2.24) is 4.90 Å². The van der Waals surface area contributed by atoms with Gasteiger partial charge in [-0.15, -0.1) is 11.3 Å². The topological polar surface area (TPSA) is 60.9 Å². The molecule has 132 valence electrons. The van der Waals surface area contributed by atoms with Crippen LogP contribution in [-0.4, -0.2) is 48.1 Å². The Morgan fingerprint density at radius 1 is 1.00 bits per heavy atom. The molecule has 1 N–H and O–H groups in total. The monoisotopic (exact) mass is 358 g/mol. The highest BCUT2D eigenvalue weighted by Gasteiger charge is 2.26. The van der Waals surface area contributed by atoms with Crippen LogP contribution in [0.25, 0.3) is 0 Å². The second kappa shape index (κ2) is 8.16. The molecular weight excluding hydrogens is 336 g/mol. The standard InChI is InChI=1S/C19H22N2O3S/c22-18(13-15(14-19(23)24)17-7-4-12-25-17)21-10-8-20(9-11-21)16-5-2-1-3-6-16/h1-7,12,15H,8-11,13-14H2,(H,23,24)/t15-/m1/s1. The molecule has 2 heterocycles. The first-order valence-corrected chi connectivity index (χ1v) is 9.34. The van der Waals surface area contributed by atoms with Gasteiger partial charge in [-0.05, 0) is 23.6 Å². The molecule has 5 nitrogen and oxygen atoms in total. The Hall–Kier alpha value is -2.34. The molecule has 1 aromatic carbocycles. The van der Waals surface area contributed by atoms with Crippen LogP contribution < -0.4 is 4.90 Å². The zero-order chi connectivity index (χ0) is 17.6. The number of aliphatic carboxylic acids is 1. The molecule has 2 aromatic rings. The van der Waals surface area contributed by atoms with Gasteiger partial charge in [0.25, 0.3) is 0 Å². The van der Waals surface area contributed by atoms with Gasteiger partial charge in [-0.2, -0.15) is 0 Å². The van der Waals surface area contributed by atoms with E-state index in [-0.39, 0.29) is 24.7 Å². The first-order valence-electron chi connectivity index (χ1n) is 8.46. The Balaban J connectivity index is 1.57. The van der Waals surface area contributed by atoms with E-state index < -0.39 is 5.97 Å². The lowest BCUT2D eigenvalue weighted by molar-refractivity contribution is -0.138. The molecule has 1 fully saturated rings. The number of carboxylic acids is 1. The van der Waals surface area contributed by atoms with Crippen molar-refractivity contribution in [2.24, 2.45) is 0 Å². The maximum atomic E-state index is 12.6. The van der Waals surface area contributed by atoms with Gasteiger partial charge in [-0.3, -0.25) is 9.59 Å². The molecule has 0 spiro atoms. The van der Waals surface area contributed by atoms with E-state index in [0.29, 0.717) is 13.1 Å². The SMILES string of the molecule is O=C(O)C[C@@H](CC(=O)N1CCN(c2ccccc2)CC1)c1cccs1. The minimum atomic E-state index is -0.861.